The van der Waals surface area contributed by atoms with Gasteiger partial charge >= 0.3 is 7.12 Å². The minimum absolute atomic E-state index is 0.239. The Labute approximate surface area is 112 Å². The van der Waals surface area contributed by atoms with Crippen LogP contribution in [-0.4, -0.2) is 23.3 Å². The number of aromatic nitrogens is 1. The molecule has 0 bridgehead atoms. The SMILES string of the molecule is CC1(C)OB(c2ccc(F)c3cc[nH]c23)OC1(C)C. The second-order valence-corrected chi connectivity index (χ2v) is 5.99. The molecular weight excluding hydrogens is 244 g/mol. The van der Waals surface area contributed by atoms with Crippen LogP contribution in [0.4, 0.5) is 4.39 Å². The summed E-state index contributed by atoms with van der Waals surface area (Å²) in [6.45, 7) is 8.01. The summed E-state index contributed by atoms with van der Waals surface area (Å²) >= 11 is 0. The van der Waals surface area contributed by atoms with Crippen molar-refractivity contribution in [3.05, 3.63) is 30.2 Å². The van der Waals surface area contributed by atoms with Gasteiger partial charge < -0.3 is 14.3 Å². The monoisotopic (exact) mass is 261 g/mol. The molecule has 0 atom stereocenters. The summed E-state index contributed by atoms with van der Waals surface area (Å²) in [5, 5.41) is 0.562. The van der Waals surface area contributed by atoms with Crippen LogP contribution in [0.25, 0.3) is 10.9 Å². The molecule has 1 fully saturated rings. The second-order valence-electron chi connectivity index (χ2n) is 5.99. The lowest BCUT2D eigenvalue weighted by Gasteiger charge is -2.32. The van der Waals surface area contributed by atoms with Gasteiger partial charge in [-0.15, -0.1) is 0 Å². The maximum atomic E-state index is 13.7. The fraction of sp³-hybridized carbons (Fsp3) is 0.429. The third-order valence-electron chi connectivity index (χ3n) is 4.21. The Morgan fingerprint density at radius 3 is 2.32 bits per heavy atom. The fourth-order valence-corrected chi connectivity index (χ4v) is 2.31. The molecule has 0 amide bonds. The van der Waals surface area contributed by atoms with Gasteiger partial charge in [0.2, 0.25) is 0 Å². The van der Waals surface area contributed by atoms with Crippen LogP contribution in [0.15, 0.2) is 24.4 Å². The molecule has 1 aromatic heterocycles. The first-order valence-corrected chi connectivity index (χ1v) is 6.43. The van der Waals surface area contributed by atoms with Crippen molar-refractivity contribution >= 4 is 23.5 Å². The third kappa shape index (κ3) is 1.80. The highest BCUT2D eigenvalue weighted by Crippen LogP contribution is 2.37. The van der Waals surface area contributed by atoms with E-state index in [1.165, 1.54) is 6.07 Å². The van der Waals surface area contributed by atoms with E-state index in [2.05, 4.69) is 4.98 Å². The minimum atomic E-state index is -0.480. The van der Waals surface area contributed by atoms with E-state index >= 15 is 0 Å². The molecule has 1 aliphatic rings. The number of halogens is 1. The largest absolute Gasteiger partial charge is 0.497 e. The van der Waals surface area contributed by atoms with Gasteiger partial charge in [-0.05, 0) is 39.8 Å². The van der Waals surface area contributed by atoms with Crippen LogP contribution >= 0.6 is 0 Å². The highest BCUT2D eigenvalue weighted by Gasteiger charge is 2.52. The number of rotatable bonds is 1. The van der Waals surface area contributed by atoms with Gasteiger partial charge in [-0.1, -0.05) is 6.07 Å². The molecule has 100 valence electrons. The van der Waals surface area contributed by atoms with Gasteiger partial charge in [0.15, 0.2) is 0 Å². The van der Waals surface area contributed by atoms with Gasteiger partial charge in [-0.25, -0.2) is 4.39 Å². The predicted molar refractivity (Wildman–Crippen MR) is 74.0 cm³/mol. The van der Waals surface area contributed by atoms with Gasteiger partial charge in [-0.3, -0.25) is 0 Å². The Balaban J connectivity index is 2.08. The Morgan fingerprint density at radius 2 is 1.68 bits per heavy atom. The molecule has 0 unspecified atom stereocenters. The normalized spacial score (nSPS) is 21.2. The lowest BCUT2D eigenvalue weighted by molar-refractivity contribution is 0.00578. The summed E-state index contributed by atoms with van der Waals surface area (Å²) in [7, 11) is -0.480. The van der Waals surface area contributed by atoms with E-state index in [0.717, 1.165) is 11.0 Å². The molecule has 0 radical (unpaired) electrons. The molecule has 3 nitrogen and oxygen atoms in total. The summed E-state index contributed by atoms with van der Waals surface area (Å²) in [5.41, 5.74) is 0.772. The van der Waals surface area contributed by atoms with Crippen LogP contribution in [0.5, 0.6) is 0 Å². The van der Waals surface area contributed by atoms with E-state index in [-0.39, 0.29) is 5.82 Å². The number of H-pyrrole nitrogens is 1. The fourth-order valence-electron chi connectivity index (χ4n) is 2.31. The molecule has 1 saturated heterocycles. The zero-order chi connectivity index (χ0) is 13.8. The van der Waals surface area contributed by atoms with Crippen LogP contribution in [0, 0.1) is 5.82 Å². The maximum absolute atomic E-state index is 13.7. The van der Waals surface area contributed by atoms with Crippen molar-refractivity contribution in [2.75, 3.05) is 0 Å². The standard InChI is InChI=1S/C14H17BFNO2/c1-13(2)14(3,4)19-15(18-13)10-5-6-11(16)9-7-8-17-12(9)10/h5-8,17H,1-4H3. The first-order chi connectivity index (χ1) is 8.82. The summed E-state index contributed by atoms with van der Waals surface area (Å²) in [6, 6.07) is 4.90. The molecule has 0 saturated carbocycles. The van der Waals surface area contributed by atoms with Gasteiger partial charge in [0.1, 0.15) is 5.82 Å². The second kappa shape index (κ2) is 3.84. The lowest BCUT2D eigenvalue weighted by Crippen LogP contribution is -2.41. The van der Waals surface area contributed by atoms with Gasteiger partial charge in [0, 0.05) is 22.6 Å². The highest BCUT2D eigenvalue weighted by molar-refractivity contribution is 6.65. The van der Waals surface area contributed by atoms with E-state index in [9.17, 15) is 4.39 Å². The first kappa shape index (κ1) is 12.7. The Kier molecular flexibility index (Phi) is 2.56. The number of nitrogens with one attached hydrogen (secondary N) is 1. The van der Waals surface area contributed by atoms with Crippen LogP contribution in [0.1, 0.15) is 27.7 Å². The highest BCUT2D eigenvalue weighted by atomic mass is 19.1. The van der Waals surface area contributed by atoms with E-state index in [1.807, 2.05) is 27.7 Å². The molecule has 1 N–H and O–H groups in total. The van der Waals surface area contributed by atoms with Crippen molar-refractivity contribution in [3.63, 3.8) is 0 Å². The van der Waals surface area contributed by atoms with E-state index < -0.39 is 18.3 Å². The minimum Gasteiger partial charge on any atom is -0.399 e. The van der Waals surface area contributed by atoms with Crippen molar-refractivity contribution in [1.82, 2.24) is 4.98 Å². The van der Waals surface area contributed by atoms with Gasteiger partial charge in [0.05, 0.1) is 11.2 Å². The lowest BCUT2D eigenvalue weighted by atomic mass is 9.78. The van der Waals surface area contributed by atoms with Gasteiger partial charge in [-0.2, -0.15) is 0 Å². The number of benzene rings is 1. The van der Waals surface area contributed by atoms with Crippen LogP contribution in [-0.2, 0) is 9.31 Å². The Bertz CT molecular complexity index is 619. The molecule has 2 heterocycles. The van der Waals surface area contributed by atoms with Crippen molar-refractivity contribution in [1.29, 1.82) is 0 Å². The maximum Gasteiger partial charge on any atom is 0.497 e. The van der Waals surface area contributed by atoms with E-state index in [1.54, 1.807) is 18.3 Å². The van der Waals surface area contributed by atoms with Crippen LogP contribution in [0.3, 0.4) is 0 Å². The van der Waals surface area contributed by atoms with Crippen molar-refractivity contribution in [2.24, 2.45) is 0 Å². The topological polar surface area (TPSA) is 34.2 Å². The number of hydrogen-bond donors (Lipinski definition) is 1. The number of fused-ring (bicyclic) bond motifs is 1. The molecule has 0 spiro atoms. The van der Waals surface area contributed by atoms with Crippen LogP contribution < -0.4 is 5.46 Å². The predicted octanol–water partition coefficient (Wildman–Crippen LogP) is 2.61. The molecule has 0 aliphatic carbocycles. The van der Waals surface area contributed by atoms with Crippen LogP contribution in [0.2, 0.25) is 0 Å². The van der Waals surface area contributed by atoms with Crippen molar-refractivity contribution in [2.45, 2.75) is 38.9 Å². The van der Waals surface area contributed by atoms with Crippen molar-refractivity contribution < 1.29 is 13.7 Å². The number of aromatic amines is 1. The average Bonchev–Trinajstić information content (AvgIpc) is 2.84. The first-order valence-electron chi connectivity index (χ1n) is 6.43. The molecule has 3 rings (SSSR count). The number of hydrogen-bond acceptors (Lipinski definition) is 2. The Hall–Kier alpha value is -1.33. The molecule has 5 heteroatoms. The summed E-state index contributed by atoms with van der Waals surface area (Å²) in [4.78, 5) is 3.06. The van der Waals surface area contributed by atoms with E-state index in [0.29, 0.717) is 5.39 Å². The quantitative estimate of drug-likeness (QED) is 0.800. The van der Waals surface area contributed by atoms with Crippen molar-refractivity contribution in [3.8, 4) is 0 Å². The molecule has 1 aliphatic heterocycles. The smallest absolute Gasteiger partial charge is 0.399 e. The zero-order valence-electron chi connectivity index (χ0n) is 11.6. The molecular formula is C14H17BFNO2. The molecule has 1 aromatic carbocycles. The Morgan fingerprint density at radius 1 is 1.05 bits per heavy atom. The summed E-state index contributed by atoms with van der Waals surface area (Å²) in [5.74, 6) is -0.239. The molecule has 19 heavy (non-hydrogen) atoms. The van der Waals surface area contributed by atoms with E-state index in [4.69, 9.17) is 9.31 Å². The zero-order valence-corrected chi connectivity index (χ0v) is 11.6. The third-order valence-corrected chi connectivity index (χ3v) is 4.21. The average molecular weight is 261 g/mol. The summed E-state index contributed by atoms with van der Waals surface area (Å²) < 4.78 is 25.7. The molecule has 2 aromatic rings. The summed E-state index contributed by atoms with van der Waals surface area (Å²) in [6.07, 6.45) is 1.72. The van der Waals surface area contributed by atoms with Gasteiger partial charge in [0.25, 0.3) is 0 Å².